The largest absolute Gasteiger partial charge is 0.478 e. The van der Waals surface area contributed by atoms with Crippen LogP contribution in [0.5, 0.6) is 0 Å². The van der Waals surface area contributed by atoms with E-state index in [1.54, 1.807) is 0 Å². The lowest BCUT2D eigenvalue weighted by Gasteiger charge is -2.10. The molecule has 0 aliphatic rings. The second kappa shape index (κ2) is 7.74. The van der Waals surface area contributed by atoms with Crippen molar-refractivity contribution in [3.63, 3.8) is 0 Å². The van der Waals surface area contributed by atoms with E-state index in [1.165, 1.54) is 0 Å². The van der Waals surface area contributed by atoms with Gasteiger partial charge in [-0.3, -0.25) is 0 Å². The molecular formula is C15H14O8. The molecule has 1 rings (SSSR count). The van der Waals surface area contributed by atoms with Crippen LogP contribution in [0.25, 0.3) is 0 Å². The van der Waals surface area contributed by atoms with Crippen LogP contribution in [0, 0.1) is 0 Å². The monoisotopic (exact) mass is 322 g/mol. The Balaban J connectivity index is 3.09. The lowest BCUT2D eigenvalue weighted by atomic mass is 9.95. The number of rotatable bonds is 8. The Morgan fingerprint density at radius 1 is 0.957 bits per heavy atom. The van der Waals surface area contributed by atoms with E-state index in [4.69, 9.17) is 20.1 Å². The van der Waals surface area contributed by atoms with E-state index in [9.17, 15) is 19.2 Å². The summed E-state index contributed by atoms with van der Waals surface area (Å²) in [4.78, 5) is 44.3. The quantitative estimate of drug-likeness (QED) is 0.371. The number of benzene rings is 1. The number of aryl methyl sites for hydroxylation is 1. The standard InChI is InChI=1S/C15H14O8/c1-2-12(16)23-5-3-4-8-6-10(14(19)20)11(15(21)22)7-9(8)13(17)18/h2,6-7H,1,3-5H2,(H,17,18)(H,19,20)(H,21,22). The highest BCUT2D eigenvalue weighted by atomic mass is 16.5. The van der Waals surface area contributed by atoms with Crippen molar-refractivity contribution in [3.05, 3.63) is 47.0 Å². The Morgan fingerprint density at radius 3 is 1.96 bits per heavy atom. The lowest BCUT2D eigenvalue weighted by Crippen LogP contribution is -2.14. The Labute approximate surface area is 130 Å². The number of esters is 1. The number of carbonyl (C=O) groups excluding carboxylic acids is 1. The van der Waals surface area contributed by atoms with Gasteiger partial charge in [0.2, 0.25) is 0 Å². The molecule has 0 saturated heterocycles. The normalized spacial score (nSPS) is 9.91. The molecule has 0 bridgehead atoms. The predicted molar refractivity (Wildman–Crippen MR) is 76.8 cm³/mol. The van der Waals surface area contributed by atoms with Crippen molar-refractivity contribution in [2.75, 3.05) is 6.61 Å². The Kier molecular flexibility index (Phi) is 6.02. The summed E-state index contributed by atoms with van der Waals surface area (Å²) >= 11 is 0. The molecule has 122 valence electrons. The summed E-state index contributed by atoms with van der Waals surface area (Å²) in [5.74, 6) is -5.01. The van der Waals surface area contributed by atoms with Crippen LogP contribution in [0.2, 0.25) is 0 Å². The van der Waals surface area contributed by atoms with E-state index in [0.29, 0.717) is 0 Å². The van der Waals surface area contributed by atoms with E-state index < -0.39 is 35.0 Å². The maximum atomic E-state index is 11.2. The van der Waals surface area contributed by atoms with Gasteiger partial charge in [-0.25, -0.2) is 19.2 Å². The molecule has 0 fully saturated rings. The van der Waals surface area contributed by atoms with Crippen LogP contribution in [-0.4, -0.2) is 45.8 Å². The summed E-state index contributed by atoms with van der Waals surface area (Å²) in [5, 5.41) is 27.2. The van der Waals surface area contributed by atoms with Crippen molar-refractivity contribution in [1.82, 2.24) is 0 Å². The third-order valence-electron chi connectivity index (χ3n) is 2.94. The molecule has 1 aromatic rings. The topological polar surface area (TPSA) is 138 Å². The van der Waals surface area contributed by atoms with Gasteiger partial charge in [-0.2, -0.15) is 0 Å². The molecule has 23 heavy (non-hydrogen) atoms. The van der Waals surface area contributed by atoms with Crippen molar-refractivity contribution in [2.24, 2.45) is 0 Å². The van der Waals surface area contributed by atoms with Crippen LogP contribution in [0.15, 0.2) is 24.8 Å². The molecule has 1 aromatic carbocycles. The van der Waals surface area contributed by atoms with Crippen LogP contribution < -0.4 is 0 Å². The fourth-order valence-corrected chi connectivity index (χ4v) is 1.90. The van der Waals surface area contributed by atoms with Crippen molar-refractivity contribution in [3.8, 4) is 0 Å². The zero-order valence-corrected chi connectivity index (χ0v) is 11.9. The summed E-state index contributed by atoms with van der Waals surface area (Å²) in [6.07, 6.45) is 1.32. The van der Waals surface area contributed by atoms with Crippen LogP contribution >= 0.6 is 0 Å². The molecule has 0 radical (unpaired) electrons. The second-order valence-corrected chi connectivity index (χ2v) is 4.45. The second-order valence-electron chi connectivity index (χ2n) is 4.45. The number of ether oxygens (including phenoxy) is 1. The molecule has 3 N–H and O–H groups in total. The van der Waals surface area contributed by atoms with E-state index in [1.807, 2.05) is 0 Å². The summed E-state index contributed by atoms with van der Waals surface area (Å²) in [7, 11) is 0. The van der Waals surface area contributed by atoms with E-state index in [2.05, 4.69) is 6.58 Å². The number of hydrogen-bond donors (Lipinski definition) is 3. The van der Waals surface area contributed by atoms with Gasteiger partial charge in [-0.15, -0.1) is 0 Å². The van der Waals surface area contributed by atoms with Crippen molar-refractivity contribution >= 4 is 23.9 Å². The van der Waals surface area contributed by atoms with Gasteiger partial charge in [-0.05, 0) is 30.5 Å². The van der Waals surface area contributed by atoms with Crippen molar-refractivity contribution in [2.45, 2.75) is 12.8 Å². The maximum absolute atomic E-state index is 11.2. The number of carbonyl (C=O) groups is 4. The zero-order valence-electron chi connectivity index (χ0n) is 11.9. The van der Waals surface area contributed by atoms with Gasteiger partial charge in [0, 0.05) is 6.08 Å². The van der Waals surface area contributed by atoms with E-state index >= 15 is 0 Å². The molecular weight excluding hydrogens is 308 g/mol. The molecule has 0 aliphatic heterocycles. The first-order valence-electron chi connectivity index (χ1n) is 6.44. The molecule has 0 amide bonds. The van der Waals surface area contributed by atoms with E-state index in [-0.39, 0.29) is 30.6 Å². The Hall–Kier alpha value is -3.16. The SMILES string of the molecule is C=CC(=O)OCCCc1cc(C(=O)O)c(C(=O)O)cc1C(=O)O. The first-order valence-corrected chi connectivity index (χ1v) is 6.44. The Morgan fingerprint density at radius 2 is 1.48 bits per heavy atom. The van der Waals surface area contributed by atoms with Crippen molar-refractivity contribution < 1.29 is 39.2 Å². The molecule has 0 aliphatic carbocycles. The third kappa shape index (κ3) is 4.67. The van der Waals surface area contributed by atoms with Gasteiger partial charge in [0.15, 0.2) is 0 Å². The van der Waals surface area contributed by atoms with Crippen molar-refractivity contribution in [1.29, 1.82) is 0 Å². The lowest BCUT2D eigenvalue weighted by molar-refractivity contribution is -0.137. The molecule has 0 heterocycles. The number of hydrogen-bond acceptors (Lipinski definition) is 5. The summed E-state index contributed by atoms with van der Waals surface area (Å²) in [5.41, 5.74) is -1.26. The van der Waals surface area contributed by atoms with Gasteiger partial charge in [0.1, 0.15) is 0 Å². The molecule has 0 spiro atoms. The number of carboxylic acids is 3. The molecule has 0 aromatic heterocycles. The van der Waals surface area contributed by atoms with E-state index in [0.717, 1.165) is 18.2 Å². The molecule has 0 saturated carbocycles. The highest BCUT2D eigenvalue weighted by Gasteiger charge is 2.22. The summed E-state index contributed by atoms with van der Waals surface area (Å²) in [6, 6.07) is 1.84. The predicted octanol–water partition coefficient (Wildman–Crippen LogP) is 1.44. The minimum Gasteiger partial charge on any atom is -0.478 e. The molecule has 8 nitrogen and oxygen atoms in total. The summed E-state index contributed by atoms with van der Waals surface area (Å²) in [6.45, 7) is 3.21. The fourth-order valence-electron chi connectivity index (χ4n) is 1.90. The summed E-state index contributed by atoms with van der Waals surface area (Å²) < 4.78 is 4.74. The minimum absolute atomic E-state index is 0.00695. The number of carboxylic acid groups (broad SMARTS) is 3. The molecule has 0 unspecified atom stereocenters. The first-order chi connectivity index (χ1) is 10.8. The average molecular weight is 322 g/mol. The van der Waals surface area contributed by atoms with Gasteiger partial charge in [0.25, 0.3) is 0 Å². The van der Waals surface area contributed by atoms with Crippen LogP contribution in [0.3, 0.4) is 0 Å². The van der Waals surface area contributed by atoms with Crippen LogP contribution in [-0.2, 0) is 16.0 Å². The van der Waals surface area contributed by atoms with Crippen LogP contribution in [0.1, 0.15) is 43.1 Å². The van der Waals surface area contributed by atoms with Gasteiger partial charge < -0.3 is 20.1 Å². The maximum Gasteiger partial charge on any atom is 0.336 e. The molecule has 0 atom stereocenters. The zero-order chi connectivity index (χ0) is 17.6. The fraction of sp³-hybridized carbons (Fsp3) is 0.200. The third-order valence-corrected chi connectivity index (χ3v) is 2.94. The Bertz CT molecular complexity index is 674. The first kappa shape index (κ1) is 17.9. The van der Waals surface area contributed by atoms with Gasteiger partial charge >= 0.3 is 23.9 Å². The number of aromatic carboxylic acids is 3. The highest BCUT2D eigenvalue weighted by molar-refractivity contribution is 6.04. The van der Waals surface area contributed by atoms with Gasteiger partial charge in [0.05, 0.1) is 23.3 Å². The highest BCUT2D eigenvalue weighted by Crippen LogP contribution is 2.20. The smallest absolute Gasteiger partial charge is 0.336 e. The average Bonchev–Trinajstić information content (AvgIpc) is 2.49. The van der Waals surface area contributed by atoms with Crippen LogP contribution in [0.4, 0.5) is 0 Å². The van der Waals surface area contributed by atoms with Gasteiger partial charge in [-0.1, -0.05) is 6.58 Å². The minimum atomic E-state index is -1.53. The molecule has 8 heteroatoms.